The number of nitrogens with one attached hydrogen (secondary N) is 3. The summed E-state index contributed by atoms with van der Waals surface area (Å²) in [7, 11) is 0. The fourth-order valence-corrected chi connectivity index (χ4v) is 2.37. The first-order valence-electron chi connectivity index (χ1n) is 9.34. The number of amides is 4. The number of nitrogens with two attached hydrogens (primary N) is 2. The number of carbonyl (C=O) groups is 6. The Hall–Kier alpha value is -3.26. The van der Waals surface area contributed by atoms with Crippen molar-refractivity contribution in [2.75, 3.05) is 6.61 Å². The average Bonchev–Trinajstić information content (AvgIpc) is 2.67. The number of primary amides is 1. The maximum atomic E-state index is 12.6. The van der Waals surface area contributed by atoms with Gasteiger partial charge in [-0.15, -0.1) is 0 Å². The van der Waals surface area contributed by atoms with Crippen LogP contribution >= 0.6 is 0 Å². The largest absolute Gasteiger partial charge is 0.481 e. The van der Waals surface area contributed by atoms with E-state index in [4.69, 9.17) is 26.8 Å². The number of carboxylic acid groups (broad SMARTS) is 2. The Morgan fingerprint density at radius 1 is 0.871 bits per heavy atom. The van der Waals surface area contributed by atoms with Crippen LogP contribution in [0.25, 0.3) is 0 Å². The van der Waals surface area contributed by atoms with Crippen molar-refractivity contribution in [1.82, 2.24) is 16.0 Å². The van der Waals surface area contributed by atoms with Crippen molar-refractivity contribution in [3.63, 3.8) is 0 Å². The molecule has 4 amide bonds. The molecule has 0 spiro atoms. The van der Waals surface area contributed by atoms with Gasteiger partial charge in [-0.3, -0.25) is 24.0 Å². The third-order valence-corrected chi connectivity index (χ3v) is 4.36. The van der Waals surface area contributed by atoms with E-state index in [2.05, 4.69) is 16.0 Å². The van der Waals surface area contributed by atoms with E-state index < -0.39 is 85.1 Å². The van der Waals surface area contributed by atoms with E-state index in [-0.39, 0.29) is 0 Å². The van der Waals surface area contributed by atoms with Crippen LogP contribution in [0.4, 0.5) is 0 Å². The molecule has 5 unspecified atom stereocenters. The zero-order chi connectivity index (χ0) is 24.3. The maximum absolute atomic E-state index is 12.6. The molecule has 0 fully saturated rings. The van der Waals surface area contributed by atoms with Crippen LogP contribution in [0.5, 0.6) is 0 Å². The minimum Gasteiger partial charge on any atom is -0.481 e. The number of carboxylic acids is 2. The summed E-state index contributed by atoms with van der Waals surface area (Å²) in [4.78, 5) is 70.2. The number of aliphatic hydroxyl groups is 1. The Bertz CT molecular complexity index is 699. The molecule has 0 aromatic carbocycles. The van der Waals surface area contributed by atoms with Crippen LogP contribution in [0.3, 0.4) is 0 Å². The predicted molar refractivity (Wildman–Crippen MR) is 104 cm³/mol. The first-order chi connectivity index (χ1) is 14.3. The molecule has 14 heteroatoms. The van der Waals surface area contributed by atoms with Crippen LogP contribution in [0.1, 0.15) is 33.1 Å². The number of hydrogen-bond donors (Lipinski definition) is 8. The van der Waals surface area contributed by atoms with Gasteiger partial charge in [0.25, 0.3) is 0 Å². The van der Waals surface area contributed by atoms with Crippen molar-refractivity contribution in [1.29, 1.82) is 0 Å². The van der Waals surface area contributed by atoms with E-state index in [1.54, 1.807) is 13.8 Å². The third-order valence-electron chi connectivity index (χ3n) is 4.36. The standard InChI is InChI=1S/C17H29N5O9/c1-3-7(2)13(16(29)21-10(6-23)17(30)31)22-15(28)9(5-11(19)24)20-14(27)8(18)4-12(25)26/h7-10,13,23H,3-6,18H2,1-2H3,(H2,19,24)(H,20,27)(H,21,29)(H,22,28)(H,25,26)(H,30,31). The van der Waals surface area contributed by atoms with Crippen LogP contribution in [0.15, 0.2) is 0 Å². The van der Waals surface area contributed by atoms with Gasteiger partial charge in [-0.2, -0.15) is 0 Å². The molecule has 0 heterocycles. The Labute approximate surface area is 177 Å². The van der Waals surface area contributed by atoms with Gasteiger partial charge in [0.1, 0.15) is 18.1 Å². The Balaban J connectivity index is 5.51. The summed E-state index contributed by atoms with van der Waals surface area (Å²) in [6.07, 6.45) is -1.02. The van der Waals surface area contributed by atoms with E-state index >= 15 is 0 Å². The molecule has 0 rings (SSSR count). The van der Waals surface area contributed by atoms with Crippen molar-refractivity contribution in [3.05, 3.63) is 0 Å². The van der Waals surface area contributed by atoms with Gasteiger partial charge in [0.15, 0.2) is 0 Å². The van der Waals surface area contributed by atoms with E-state index in [0.717, 1.165) is 0 Å². The Morgan fingerprint density at radius 2 is 1.42 bits per heavy atom. The van der Waals surface area contributed by atoms with Gasteiger partial charge < -0.3 is 42.7 Å². The molecule has 0 aliphatic carbocycles. The summed E-state index contributed by atoms with van der Waals surface area (Å²) < 4.78 is 0. The molecule has 0 aliphatic heterocycles. The van der Waals surface area contributed by atoms with E-state index in [9.17, 15) is 28.8 Å². The SMILES string of the molecule is CCC(C)C(NC(=O)C(CC(N)=O)NC(=O)C(N)CC(=O)O)C(=O)NC(CO)C(=O)O. The van der Waals surface area contributed by atoms with Crippen LogP contribution in [0, 0.1) is 5.92 Å². The lowest BCUT2D eigenvalue weighted by molar-refractivity contribution is -0.143. The van der Waals surface area contributed by atoms with Gasteiger partial charge in [0, 0.05) is 0 Å². The molecule has 31 heavy (non-hydrogen) atoms. The van der Waals surface area contributed by atoms with Gasteiger partial charge in [-0.1, -0.05) is 20.3 Å². The summed E-state index contributed by atoms with van der Waals surface area (Å²) >= 11 is 0. The van der Waals surface area contributed by atoms with E-state index in [1.807, 2.05) is 0 Å². The van der Waals surface area contributed by atoms with Crippen LogP contribution in [-0.2, 0) is 28.8 Å². The fraction of sp³-hybridized carbons (Fsp3) is 0.647. The molecular formula is C17H29N5O9. The van der Waals surface area contributed by atoms with Crippen LogP contribution in [-0.4, -0.2) is 81.7 Å². The molecule has 10 N–H and O–H groups in total. The van der Waals surface area contributed by atoms with Gasteiger partial charge >= 0.3 is 11.9 Å². The quantitative estimate of drug-likeness (QED) is 0.129. The number of aliphatic carboxylic acids is 2. The molecule has 0 saturated carbocycles. The fourth-order valence-electron chi connectivity index (χ4n) is 2.37. The Kier molecular flexibility index (Phi) is 11.7. The normalized spacial score (nSPS) is 15.5. The summed E-state index contributed by atoms with van der Waals surface area (Å²) in [5.74, 6) is -7.25. The van der Waals surface area contributed by atoms with Crippen molar-refractivity contribution in [3.8, 4) is 0 Å². The third kappa shape index (κ3) is 9.86. The molecule has 5 atom stereocenters. The Morgan fingerprint density at radius 3 is 1.84 bits per heavy atom. The number of rotatable bonds is 14. The lowest BCUT2D eigenvalue weighted by atomic mass is 9.97. The van der Waals surface area contributed by atoms with Crippen molar-refractivity contribution in [2.45, 2.75) is 57.3 Å². The van der Waals surface area contributed by atoms with Gasteiger partial charge in [0.2, 0.25) is 23.6 Å². The number of hydrogen-bond acceptors (Lipinski definition) is 8. The zero-order valence-electron chi connectivity index (χ0n) is 17.2. The van der Waals surface area contributed by atoms with Crippen LogP contribution < -0.4 is 27.4 Å². The molecule has 0 aromatic rings. The van der Waals surface area contributed by atoms with E-state index in [0.29, 0.717) is 6.42 Å². The lowest BCUT2D eigenvalue weighted by Gasteiger charge is -2.27. The molecule has 14 nitrogen and oxygen atoms in total. The van der Waals surface area contributed by atoms with Crippen LogP contribution in [0.2, 0.25) is 0 Å². The van der Waals surface area contributed by atoms with Gasteiger partial charge in [-0.05, 0) is 5.92 Å². The highest BCUT2D eigenvalue weighted by Crippen LogP contribution is 2.09. The van der Waals surface area contributed by atoms with E-state index in [1.165, 1.54) is 0 Å². The van der Waals surface area contributed by atoms with Crippen molar-refractivity contribution >= 4 is 35.6 Å². The second kappa shape index (κ2) is 13.1. The monoisotopic (exact) mass is 447 g/mol. The zero-order valence-corrected chi connectivity index (χ0v) is 17.2. The minimum absolute atomic E-state index is 0.381. The molecular weight excluding hydrogens is 418 g/mol. The maximum Gasteiger partial charge on any atom is 0.328 e. The first kappa shape index (κ1) is 27.7. The second-order valence-corrected chi connectivity index (χ2v) is 6.89. The topological polar surface area (TPSA) is 251 Å². The molecule has 0 saturated heterocycles. The second-order valence-electron chi connectivity index (χ2n) is 6.89. The first-order valence-corrected chi connectivity index (χ1v) is 9.34. The van der Waals surface area contributed by atoms with Gasteiger partial charge in [-0.25, -0.2) is 4.79 Å². The minimum atomic E-state index is -1.61. The molecule has 0 radical (unpaired) electrons. The van der Waals surface area contributed by atoms with Crippen molar-refractivity contribution in [2.24, 2.45) is 17.4 Å². The molecule has 176 valence electrons. The summed E-state index contributed by atoms with van der Waals surface area (Å²) in [5, 5.41) is 33.3. The predicted octanol–water partition coefficient (Wildman–Crippen LogP) is -3.76. The lowest BCUT2D eigenvalue weighted by Crippen LogP contribution is -2.59. The highest BCUT2D eigenvalue weighted by molar-refractivity contribution is 5.96. The smallest absolute Gasteiger partial charge is 0.328 e. The van der Waals surface area contributed by atoms with Gasteiger partial charge in [0.05, 0.1) is 25.5 Å². The summed E-state index contributed by atoms with van der Waals surface area (Å²) in [6.45, 7) is 2.40. The highest BCUT2D eigenvalue weighted by atomic mass is 16.4. The summed E-state index contributed by atoms with van der Waals surface area (Å²) in [6, 6.07) is -5.94. The summed E-state index contributed by atoms with van der Waals surface area (Å²) in [5.41, 5.74) is 10.5. The highest BCUT2D eigenvalue weighted by Gasteiger charge is 2.33. The number of carbonyl (C=O) groups excluding carboxylic acids is 4. The molecule has 0 bridgehead atoms. The average molecular weight is 447 g/mol. The molecule has 0 aliphatic rings. The van der Waals surface area contributed by atoms with Crippen molar-refractivity contribution < 1.29 is 44.1 Å². The number of aliphatic hydroxyl groups excluding tert-OH is 1. The molecule has 0 aromatic heterocycles.